The summed E-state index contributed by atoms with van der Waals surface area (Å²) in [7, 11) is 1.51. The van der Waals surface area contributed by atoms with Gasteiger partial charge in [0.25, 0.3) is 5.91 Å². The van der Waals surface area contributed by atoms with Crippen molar-refractivity contribution in [3.05, 3.63) is 83.3 Å². The van der Waals surface area contributed by atoms with Crippen LogP contribution < -0.4 is 14.9 Å². The summed E-state index contributed by atoms with van der Waals surface area (Å²) in [5, 5.41) is 8.01. The van der Waals surface area contributed by atoms with Gasteiger partial charge in [-0.25, -0.2) is 9.78 Å². The molecule has 0 aliphatic heterocycles. The number of hydrogen-bond acceptors (Lipinski definition) is 6. The monoisotopic (exact) mass is 430 g/mol. The summed E-state index contributed by atoms with van der Waals surface area (Å²) in [6.07, 6.45) is 0.476. The van der Waals surface area contributed by atoms with E-state index in [4.69, 9.17) is 9.57 Å². The summed E-state index contributed by atoms with van der Waals surface area (Å²) < 4.78 is 5.47. The first kappa shape index (κ1) is 21.0. The highest BCUT2D eigenvalue weighted by Crippen LogP contribution is 2.32. The van der Waals surface area contributed by atoms with Crippen LogP contribution in [0.3, 0.4) is 0 Å². The quantitative estimate of drug-likeness (QED) is 0.503. The van der Waals surface area contributed by atoms with E-state index >= 15 is 0 Å². The van der Waals surface area contributed by atoms with E-state index in [1.807, 2.05) is 43.3 Å². The Morgan fingerprint density at radius 3 is 2.53 bits per heavy atom. The molecular formula is C24H22N4O4. The van der Waals surface area contributed by atoms with Gasteiger partial charge in [0.2, 0.25) is 0 Å². The number of anilines is 1. The highest BCUT2D eigenvalue weighted by molar-refractivity contribution is 6.05. The second-order valence-electron chi connectivity index (χ2n) is 7.25. The number of aromatic nitrogens is 3. The Bertz CT molecular complexity index is 1300. The fourth-order valence-electron chi connectivity index (χ4n) is 3.42. The molecule has 4 rings (SSSR count). The number of fused-ring (bicyclic) bond motifs is 1. The Morgan fingerprint density at radius 2 is 1.84 bits per heavy atom. The number of aryl methyl sites for hydroxylation is 1. The van der Waals surface area contributed by atoms with E-state index in [2.05, 4.69) is 15.4 Å². The van der Waals surface area contributed by atoms with Gasteiger partial charge in [0, 0.05) is 30.5 Å². The first-order valence-electron chi connectivity index (χ1n) is 10.0. The van der Waals surface area contributed by atoms with Crippen LogP contribution in [0.2, 0.25) is 0 Å². The third-order valence-electron chi connectivity index (χ3n) is 4.86. The summed E-state index contributed by atoms with van der Waals surface area (Å²) in [5.41, 5.74) is 3.77. The van der Waals surface area contributed by atoms with E-state index in [0.717, 1.165) is 16.6 Å². The maximum absolute atomic E-state index is 12.8. The van der Waals surface area contributed by atoms with Gasteiger partial charge < -0.3 is 14.9 Å². The molecule has 0 aliphatic rings. The van der Waals surface area contributed by atoms with Crippen molar-refractivity contribution >= 4 is 28.5 Å². The lowest BCUT2D eigenvalue weighted by molar-refractivity contribution is -0.143. The number of amides is 1. The van der Waals surface area contributed by atoms with Crippen molar-refractivity contribution in [2.45, 2.75) is 20.3 Å². The maximum atomic E-state index is 12.8. The highest BCUT2D eigenvalue weighted by atomic mass is 16.7. The van der Waals surface area contributed by atoms with E-state index in [-0.39, 0.29) is 5.91 Å². The molecule has 2 heterocycles. The minimum atomic E-state index is -0.488. The molecule has 0 spiro atoms. The van der Waals surface area contributed by atoms with Crippen molar-refractivity contribution in [3.8, 4) is 5.75 Å². The molecule has 0 radical (unpaired) electrons. The molecule has 162 valence electrons. The van der Waals surface area contributed by atoms with Gasteiger partial charge in [0.1, 0.15) is 17.0 Å². The van der Waals surface area contributed by atoms with Crippen molar-refractivity contribution in [1.29, 1.82) is 0 Å². The second-order valence-corrected chi connectivity index (χ2v) is 7.25. The Labute approximate surface area is 184 Å². The van der Waals surface area contributed by atoms with E-state index < -0.39 is 5.97 Å². The summed E-state index contributed by atoms with van der Waals surface area (Å²) in [6, 6.07) is 18.5. The first-order valence-corrected chi connectivity index (χ1v) is 10.0. The van der Waals surface area contributed by atoms with Crippen molar-refractivity contribution in [1.82, 2.24) is 14.9 Å². The minimum Gasteiger partial charge on any atom is -0.494 e. The third kappa shape index (κ3) is 4.44. The predicted molar refractivity (Wildman–Crippen MR) is 120 cm³/mol. The zero-order chi connectivity index (χ0) is 22.7. The highest BCUT2D eigenvalue weighted by Gasteiger charge is 2.19. The predicted octanol–water partition coefficient (Wildman–Crippen LogP) is 3.57. The number of rotatable bonds is 6. The molecule has 0 saturated carbocycles. The van der Waals surface area contributed by atoms with Gasteiger partial charge in [-0.3, -0.25) is 4.79 Å². The van der Waals surface area contributed by atoms with Crippen molar-refractivity contribution in [2.75, 3.05) is 12.4 Å². The van der Waals surface area contributed by atoms with E-state index in [1.165, 1.54) is 18.9 Å². The van der Waals surface area contributed by atoms with Crippen LogP contribution in [0, 0.1) is 6.92 Å². The van der Waals surface area contributed by atoms with Crippen molar-refractivity contribution in [3.63, 3.8) is 0 Å². The lowest BCUT2D eigenvalue weighted by atomic mass is 10.1. The molecule has 1 amide bonds. The Hall–Kier alpha value is -4.20. The van der Waals surface area contributed by atoms with E-state index in [0.29, 0.717) is 34.8 Å². The lowest BCUT2D eigenvalue weighted by Crippen LogP contribution is -2.20. The van der Waals surface area contributed by atoms with Crippen LogP contribution in [0.25, 0.3) is 10.9 Å². The molecule has 2 aromatic heterocycles. The third-order valence-corrected chi connectivity index (χ3v) is 4.86. The van der Waals surface area contributed by atoms with Gasteiger partial charge in [-0.1, -0.05) is 41.2 Å². The van der Waals surface area contributed by atoms with Gasteiger partial charge in [0.15, 0.2) is 0 Å². The summed E-state index contributed by atoms with van der Waals surface area (Å²) in [5.74, 6) is -0.418. The van der Waals surface area contributed by atoms with E-state index in [9.17, 15) is 9.59 Å². The van der Waals surface area contributed by atoms with Crippen molar-refractivity contribution in [2.24, 2.45) is 0 Å². The van der Waals surface area contributed by atoms with Crippen LogP contribution in [0.5, 0.6) is 5.75 Å². The second kappa shape index (κ2) is 8.89. The summed E-state index contributed by atoms with van der Waals surface area (Å²) in [4.78, 5) is 35.2. The Balaban J connectivity index is 1.78. The standard InChI is InChI=1S/C24H22N4O4/c1-15-8-7-11-19(25-15)24(30)26-21-13-18-20(14-23(21)31-3)27-28(32-16(2)29)22(18)12-17-9-5-4-6-10-17/h4-11,13-14H,12H2,1-3H3,(H,26,30). The van der Waals surface area contributed by atoms with Crippen molar-refractivity contribution < 1.29 is 19.2 Å². The Kier molecular flexibility index (Phi) is 5.85. The molecule has 4 aromatic rings. The number of nitrogens with zero attached hydrogens (tertiary/aromatic N) is 3. The molecule has 0 bridgehead atoms. The molecule has 0 aliphatic carbocycles. The van der Waals surface area contributed by atoms with Gasteiger partial charge in [0.05, 0.1) is 18.5 Å². The van der Waals surface area contributed by atoms with Gasteiger partial charge in [-0.05, 0) is 30.7 Å². The molecule has 0 fully saturated rings. The molecule has 2 aromatic carbocycles. The van der Waals surface area contributed by atoms with Gasteiger partial charge in [-0.15, -0.1) is 5.10 Å². The molecule has 1 N–H and O–H groups in total. The summed E-state index contributed by atoms with van der Waals surface area (Å²) >= 11 is 0. The van der Waals surface area contributed by atoms with Crippen LogP contribution in [0.1, 0.15) is 34.4 Å². The molecular weight excluding hydrogens is 408 g/mol. The number of methoxy groups -OCH3 is 1. The van der Waals surface area contributed by atoms with Crippen LogP contribution in [-0.4, -0.2) is 33.9 Å². The number of carbonyl (C=O) groups is 2. The normalized spacial score (nSPS) is 10.7. The molecule has 0 unspecified atom stereocenters. The number of benzene rings is 2. The zero-order valence-electron chi connectivity index (χ0n) is 18.0. The van der Waals surface area contributed by atoms with Crippen LogP contribution in [0.15, 0.2) is 60.7 Å². The number of nitrogens with one attached hydrogen (secondary N) is 1. The number of ether oxygens (including phenoxy) is 1. The smallest absolute Gasteiger partial charge is 0.331 e. The largest absolute Gasteiger partial charge is 0.494 e. The average molecular weight is 430 g/mol. The molecule has 32 heavy (non-hydrogen) atoms. The maximum Gasteiger partial charge on any atom is 0.331 e. The number of hydrogen-bond donors (Lipinski definition) is 1. The van der Waals surface area contributed by atoms with Crippen LogP contribution in [0.4, 0.5) is 5.69 Å². The molecule has 0 saturated heterocycles. The summed E-state index contributed by atoms with van der Waals surface area (Å²) in [6.45, 7) is 3.14. The van der Waals surface area contributed by atoms with E-state index in [1.54, 1.807) is 24.3 Å². The number of pyridine rings is 1. The molecule has 8 heteroatoms. The molecule has 0 atom stereocenters. The SMILES string of the molecule is COc1cc2nn(OC(C)=O)c(Cc3ccccc3)c2cc1NC(=O)c1cccc(C)n1. The first-order chi connectivity index (χ1) is 15.4. The van der Waals surface area contributed by atoms with Crippen LogP contribution in [-0.2, 0) is 11.2 Å². The zero-order valence-corrected chi connectivity index (χ0v) is 18.0. The molecule has 8 nitrogen and oxygen atoms in total. The van der Waals surface area contributed by atoms with Crippen LogP contribution >= 0.6 is 0 Å². The number of carbonyl (C=O) groups excluding carboxylic acids is 2. The average Bonchev–Trinajstić information content (AvgIpc) is 3.09. The Morgan fingerprint density at radius 1 is 1.06 bits per heavy atom. The van der Waals surface area contributed by atoms with Gasteiger partial charge in [-0.2, -0.15) is 0 Å². The fourth-order valence-corrected chi connectivity index (χ4v) is 3.42. The minimum absolute atomic E-state index is 0.298. The topological polar surface area (TPSA) is 95.3 Å². The lowest BCUT2D eigenvalue weighted by Gasteiger charge is -2.11. The fraction of sp³-hybridized carbons (Fsp3) is 0.167. The van der Waals surface area contributed by atoms with Gasteiger partial charge >= 0.3 is 5.97 Å².